The average molecular weight is 533 g/mol. The maximum absolute atomic E-state index is 10.3. The molecule has 0 saturated carbocycles. The third-order valence-corrected chi connectivity index (χ3v) is 4.74. The van der Waals surface area contributed by atoms with Gasteiger partial charge in [0.25, 0.3) is 0 Å². The Hall–Kier alpha value is -2.29. The summed E-state index contributed by atoms with van der Waals surface area (Å²) in [5.41, 5.74) is 0.508. The highest BCUT2D eigenvalue weighted by atomic mass is 127. The smallest absolute Gasteiger partial charge is 0.335 e. The molecule has 5 nitrogen and oxygen atoms in total. The van der Waals surface area contributed by atoms with Crippen molar-refractivity contribution in [1.82, 2.24) is 0 Å². The molecular weight excluding hydrogens is 518 g/mol. The molecule has 0 unspecified atom stereocenters. The molecule has 146 valence electrons. The largest absolute Gasteiger partial charge is 0.478 e. The van der Waals surface area contributed by atoms with Gasteiger partial charge in [0.2, 0.25) is 0 Å². The molecule has 28 heavy (non-hydrogen) atoms. The predicted molar refractivity (Wildman–Crippen MR) is 117 cm³/mol. The standard InChI is InChI=1S/2C7H5ClO2.C6H5IO/c2*8-6-3-1-5(2-4-6)7(9)10;8-7-6-4-2-1-3-5-6/h2*1-4H,(H,9,10);1-5H. The van der Waals surface area contributed by atoms with Crippen molar-refractivity contribution >= 4 is 56.3 Å². The molecule has 8 heteroatoms. The van der Waals surface area contributed by atoms with E-state index in [4.69, 9.17) is 33.4 Å². The quantitative estimate of drug-likeness (QED) is 0.389. The molecule has 0 aliphatic rings. The van der Waals surface area contributed by atoms with Gasteiger partial charge in [-0.15, -0.1) is 0 Å². The summed E-state index contributed by atoms with van der Waals surface area (Å²) in [5.74, 6) is -1.87. The zero-order valence-corrected chi connectivity index (χ0v) is 17.9. The highest BCUT2D eigenvalue weighted by Gasteiger charge is 1.99. The lowest BCUT2D eigenvalue weighted by atomic mass is 10.2. The molecule has 2 N–H and O–H groups in total. The van der Waals surface area contributed by atoms with Gasteiger partial charge in [-0.1, -0.05) is 41.4 Å². The van der Waals surface area contributed by atoms with Crippen molar-refractivity contribution < 1.29 is 22.9 Å². The lowest BCUT2D eigenvalue weighted by molar-refractivity contribution is 0.0686. The van der Waals surface area contributed by atoms with Gasteiger partial charge >= 0.3 is 11.9 Å². The molecule has 0 bridgehead atoms. The van der Waals surface area contributed by atoms with Gasteiger partial charge in [-0.3, -0.25) is 3.07 Å². The number of hydrogen-bond donors (Lipinski definition) is 2. The van der Waals surface area contributed by atoms with Gasteiger partial charge in [0.15, 0.2) is 21.2 Å². The molecule has 0 saturated heterocycles. The van der Waals surface area contributed by atoms with Crippen molar-refractivity contribution in [2.45, 2.75) is 0 Å². The van der Waals surface area contributed by atoms with Crippen molar-refractivity contribution in [2.75, 3.05) is 0 Å². The first-order valence-corrected chi connectivity index (χ1v) is 10.3. The highest BCUT2D eigenvalue weighted by molar-refractivity contribution is 14.1. The molecule has 0 amide bonds. The van der Waals surface area contributed by atoms with E-state index in [1.54, 1.807) is 24.3 Å². The molecular formula is C20H15Cl2IO5. The fraction of sp³-hybridized carbons (Fsp3) is 0. The van der Waals surface area contributed by atoms with Gasteiger partial charge in [0, 0.05) is 13.6 Å². The Morgan fingerprint density at radius 3 is 1.25 bits per heavy atom. The predicted octanol–water partition coefficient (Wildman–Crippen LogP) is 6.25. The van der Waals surface area contributed by atoms with Crippen LogP contribution in [0.1, 0.15) is 20.7 Å². The molecule has 0 heterocycles. The fourth-order valence-electron chi connectivity index (χ4n) is 1.65. The van der Waals surface area contributed by atoms with Crippen LogP contribution in [0.3, 0.4) is 0 Å². The summed E-state index contributed by atoms with van der Waals surface area (Å²) in [5, 5.41) is 18.0. The molecule has 3 rings (SSSR count). The van der Waals surface area contributed by atoms with Gasteiger partial charge < -0.3 is 10.2 Å². The monoisotopic (exact) mass is 532 g/mol. The van der Waals surface area contributed by atoms with Crippen LogP contribution in [0.5, 0.6) is 0 Å². The van der Waals surface area contributed by atoms with E-state index < -0.39 is 33.1 Å². The van der Waals surface area contributed by atoms with E-state index in [1.807, 2.05) is 30.3 Å². The van der Waals surface area contributed by atoms with Crippen molar-refractivity contribution in [2.24, 2.45) is 0 Å². The van der Waals surface area contributed by atoms with Crippen LogP contribution in [0.15, 0.2) is 78.9 Å². The van der Waals surface area contributed by atoms with Gasteiger partial charge in [-0.05, 0) is 60.7 Å². The Balaban J connectivity index is 0.000000212. The van der Waals surface area contributed by atoms with E-state index >= 15 is 0 Å². The second-order valence-electron chi connectivity index (χ2n) is 5.00. The zero-order valence-electron chi connectivity index (χ0n) is 14.3. The SMILES string of the molecule is O=C(O)c1ccc(Cl)cc1.O=C(O)c1ccc(Cl)cc1.O=Ic1ccccc1. The molecule has 0 fully saturated rings. The Bertz CT molecular complexity index is 843. The van der Waals surface area contributed by atoms with Crippen LogP contribution in [0.2, 0.25) is 10.0 Å². The van der Waals surface area contributed by atoms with Gasteiger partial charge in [-0.2, -0.15) is 0 Å². The molecule has 0 atom stereocenters. The van der Waals surface area contributed by atoms with Crippen LogP contribution in [0.4, 0.5) is 0 Å². The van der Waals surface area contributed by atoms with Gasteiger partial charge in [0.05, 0.1) is 11.1 Å². The molecule has 0 aromatic heterocycles. The van der Waals surface area contributed by atoms with Crippen LogP contribution in [-0.4, -0.2) is 22.2 Å². The summed E-state index contributed by atoms with van der Waals surface area (Å²) in [7, 11) is 0. The molecule has 3 aromatic carbocycles. The molecule has 0 spiro atoms. The number of carboxylic acid groups (broad SMARTS) is 2. The Kier molecular flexibility index (Phi) is 11.0. The second-order valence-corrected chi connectivity index (χ2v) is 7.56. The number of hydrogen-bond acceptors (Lipinski definition) is 3. The van der Waals surface area contributed by atoms with Crippen molar-refractivity contribution in [3.8, 4) is 0 Å². The second kappa shape index (κ2) is 13.0. The average Bonchev–Trinajstić information content (AvgIpc) is 2.70. The van der Waals surface area contributed by atoms with Crippen LogP contribution in [-0.2, 0) is 3.07 Å². The summed E-state index contributed by atoms with van der Waals surface area (Å²) in [4.78, 5) is 20.5. The number of halogens is 3. The summed E-state index contributed by atoms with van der Waals surface area (Å²) in [6.45, 7) is 0. The fourth-order valence-corrected chi connectivity index (χ4v) is 2.61. The molecule has 0 aliphatic carbocycles. The Morgan fingerprint density at radius 1 is 0.643 bits per heavy atom. The first kappa shape index (κ1) is 23.7. The maximum atomic E-state index is 10.3. The molecule has 0 aliphatic heterocycles. The van der Waals surface area contributed by atoms with Gasteiger partial charge in [-0.25, -0.2) is 9.59 Å². The van der Waals surface area contributed by atoms with E-state index in [0.717, 1.165) is 3.57 Å². The minimum atomic E-state index is -0.941. The topological polar surface area (TPSA) is 91.7 Å². The van der Waals surface area contributed by atoms with Crippen molar-refractivity contribution in [3.63, 3.8) is 0 Å². The lowest BCUT2D eigenvalue weighted by Gasteiger charge is -1.91. The third-order valence-electron chi connectivity index (χ3n) is 3.00. The number of carbonyl (C=O) groups is 2. The van der Waals surface area contributed by atoms with E-state index in [1.165, 1.54) is 24.3 Å². The Morgan fingerprint density at radius 2 is 1.00 bits per heavy atom. The highest BCUT2D eigenvalue weighted by Crippen LogP contribution is 2.09. The van der Waals surface area contributed by atoms with E-state index in [2.05, 4.69) is 0 Å². The summed E-state index contributed by atoms with van der Waals surface area (Å²) in [6, 6.07) is 21.5. The van der Waals surface area contributed by atoms with E-state index in [9.17, 15) is 12.7 Å². The first-order valence-electron chi connectivity index (χ1n) is 7.63. The van der Waals surface area contributed by atoms with Crippen LogP contribution >= 0.6 is 44.4 Å². The summed E-state index contributed by atoms with van der Waals surface area (Å²) in [6.07, 6.45) is 0. The number of benzene rings is 3. The minimum absolute atomic E-state index is 0.254. The minimum Gasteiger partial charge on any atom is -0.478 e. The summed E-state index contributed by atoms with van der Waals surface area (Å²) < 4.78 is 11.2. The van der Waals surface area contributed by atoms with Crippen LogP contribution < -0.4 is 0 Å². The van der Waals surface area contributed by atoms with Crippen molar-refractivity contribution in [3.05, 3.63) is 104 Å². The van der Waals surface area contributed by atoms with Gasteiger partial charge in [0.1, 0.15) is 0 Å². The number of aromatic carboxylic acids is 2. The van der Waals surface area contributed by atoms with Crippen LogP contribution in [0.25, 0.3) is 0 Å². The number of rotatable bonds is 3. The third kappa shape index (κ3) is 9.59. The molecule has 0 radical (unpaired) electrons. The normalized spacial score (nSPS) is 9.21. The summed E-state index contributed by atoms with van der Waals surface area (Å²) >= 11 is 10.1. The first-order chi connectivity index (χ1) is 13.3. The van der Waals surface area contributed by atoms with E-state index in [-0.39, 0.29) is 11.1 Å². The number of carboxylic acids is 2. The molecule has 3 aromatic rings. The lowest BCUT2D eigenvalue weighted by Crippen LogP contribution is -1.94. The van der Waals surface area contributed by atoms with Crippen LogP contribution in [0, 0.1) is 3.57 Å². The van der Waals surface area contributed by atoms with Crippen molar-refractivity contribution in [1.29, 1.82) is 0 Å². The maximum Gasteiger partial charge on any atom is 0.335 e. The Labute approximate surface area is 182 Å². The van der Waals surface area contributed by atoms with E-state index in [0.29, 0.717) is 10.0 Å². The zero-order chi connectivity index (χ0) is 20.9.